The second kappa shape index (κ2) is 8.67. The summed E-state index contributed by atoms with van der Waals surface area (Å²) in [5.74, 6) is 1.75. The Hall–Kier alpha value is -2.33. The largest absolute Gasteiger partial charge is 0.493 e. The van der Waals surface area contributed by atoms with Gasteiger partial charge in [0.2, 0.25) is 0 Å². The Morgan fingerprint density at radius 2 is 2.12 bits per heavy atom. The predicted octanol–water partition coefficient (Wildman–Crippen LogP) is 5.08. The predicted molar refractivity (Wildman–Crippen MR) is 98.6 cm³/mol. The maximum Gasteiger partial charge on any atom is 0.138 e. The van der Waals surface area contributed by atoms with Crippen LogP contribution in [0.1, 0.15) is 36.7 Å². The molecule has 4 heteroatoms. The molecule has 4 nitrogen and oxygen atoms in total. The molecule has 0 saturated carbocycles. The molecule has 0 aliphatic carbocycles. The summed E-state index contributed by atoms with van der Waals surface area (Å²) in [5.41, 5.74) is 3.10. The van der Waals surface area contributed by atoms with Gasteiger partial charge >= 0.3 is 0 Å². The van der Waals surface area contributed by atoms with Crippen LogP contribution in [0.2, 0.25) is 0 Å². The third-order valence-electron chi connectivity index (χ3n) is 4.12. The lowest BCUT2D eigenvalue weighted by atomic mass is 10.1. The number of nitrogens with zero attached hydrogens (tertiary/aromatic N) is 1. The number of hydrogen-bond acceptors (Lipinski definition) is 4. The Morgan fingerprint density at radius 1 is 1.20 bits per heavy atom. The fraction of sp³-hybridized carbons (Fsp3) is 0.333. The Balaban J connectivity index is 1.58. The van der Waals surface area contributed by atoms with E-state index in [-0.39, 0.29) is 0 Å². The molecule has 0 saturated heterocycles. The van der Waals surface area contributed by atoms with Crippen molar-refractivity contribution in [2.45, 2.75) is 33.3 Å². The van der Waals surface area contributed by atoms with Crippen LogP contribution in [-0.2, 0) is 11.3 Å². The standard InChI is InChI=1S/C21H24NO3/c1-3-23-15-20-16(2)21-18(10-6-11-19(21)25-20)24-13-5-4-8-17-9-7-12-22-14-17/h6-12,14H,3-5,13,15H2,1-2H3. The zero-order chi connectivity index (χ0) is 17.5. The van der Waals surface area contributed by atoms with Crippen LogP contribution in [0.3, 0.4) is 0 Å². The summed E-state index contributed by atoms with van der Waals surface area (Å²) >= 11 is 0. The number of aryl methyl sites for hydroxylation is 1. The molecule has 0 bridgehead atoms. The quantitative estimate of drug-likeness (QED) is 0.510. The van der Waals surface area contributed by atoms with Crippen molar-refractivity contribution in [2.24, 2.45) is 0 Å². The van der Waals surface area contributed by atoms with Gasteiger partial charge in [-0.05, 0) is 56.9 Å². The highest BCUT2D eigenvalue weighted by Crippen LogP contribution is 2.33. The van der Waals surface area contributed by atoms with Crippen LogP contribution >= 0.6 is 0 Å². The third kappa shape index (κ3) is 4.40. The lowest BCUT2D eigenvalue weighted by molar-refractivity contribution is 0.119. The van der Waals surface area contributed by atoms with E-state index in [2.05, 4.69) is 24.4 Å². The highest BCUT2D eigenvalue weighted by atomic mass is 16.5. The first-order chi connectivity index (χ1) is 12.3. The number of ether oxygens (including phenoxy) is 2. The van der Waals surface area contributed by atoms with E-state index in [0.29, 0.717) is 19.8 Å². The van der Waals surface area contributed by atoms with Gasteiger partial charge in [-0.1, -0.05) is 12.1 Å². The minimum Gasteiger partial charge on any atom is -0.493 e. The van der Waals surface area contributed by atoms with Crippen molar-refractivity contribution in [3.05, 3.63) is 66.0 Å². The summed E-state index contributed by atoms with van der Waals surface area (Å²) in [7, 11) is 0. The van der Waals surface area contributed by atoms with Crippen molar-refractivity contribution in [1.29, 1.82) is 0 Å². The second-order valence-electron chi connectivity index (χ2n) is 5.90. The molecule has 0 spiro atoms. The van der Waals surface area contributed by atoms with Crippen LogP contribution < -0.4 is 4.74 Å². The van der Waals surface area contributed by atoms with Crippen LogP contribution in [0.4, 0.5) is 0 Å². The lowest BCUT2D eigenvalue weighted by Gasteiger charge is -2.07. The normalized spacial score (nSPS) is 11.1. The van der Waals surface area contributed by atoms with Crippen LogP contribution in [0.25, 0.3) is 11.0 Å². The molecule has 3 aromatic rings. The molecule has 2 heterocycles. The van der Waals surface area contributed by atoms with Gasteiger partial charge in [0, 0.05) is 24.6 Å². The van der Waals surface area contributed by atoms with Crippen LogP contribution in [0.5, 0.6) is 5.75 Å². The van der Waals surface area contributed by atoms with E-state index in [1.165, 1.54) is 0 Å². The number of unbranched alkanes of at least 4 members (excludes halogenated alkanes) is 1. The molecule has 25 heavy (non-hydrogen) atoms. The molecule has 0 unspecified atom stereocenters. The first kappa shape index (κ1) is 17.5. The van der Waals surface area contributed by atoms with Crippen LogP contribution in [-0.4, -0.2) is 18.2 Å². The van der Waals surface area contributed by atoms with Crippen molar-refractivity contribution in [3.8, 4) is 5.75 Å². The Kier molecular flexibility index (Phi) is 6.07. The fourth-order valence-electron chi connectivity index (χ4n) is 2.80. The number of hydrogen-bond donors (Lipinski definition) is 0. The maximum absolute atomic E-state index is 6.02. The first-order valence-corrected chi connectivity index (χ1v) is 8.74. The van der Waals surface area contributed by atoms with E-state index < -0.39 is 0 Å². The summed E-state index contributed by atoms with van der Waals surface area (Å²) in [6, 6.07) is 9.95. The molecule has 1 radical (unpaired) electrons. The van der Waals surface area contributed by atoms with Crippen molar-refractivity contribution in [2.75, 3.05) is 13.2 Å². The zero-order valence-corrected chi connectivity index (χ0v) is 14.8. The Labute approximate surface area is 148 Å². The minimum absolute atomic E-state index is 0.497. The van der Waals surface area contributed by atoms with Crippen molar-refractivity contribution >= 4 is 11.0 Å². The summed E-state index contributed by atoms with van der Waals surface area (Å²) in [6.07, 6.45) is 7.75. The first-order valence-electron chi connectivity index (χ1n) is 8.74. The van der Waals surface area contributed by atoms with Crippen LogP contribution in [0, 0.1) is 13.3 Å². The molecule has 2 aromatic heterocycles. The van der Waals surface area contributed by atoms with E-state index in [9.17, 15) is 0 Å². The summed E-state index contributed by atoms with van der Waals surface area (Å²) in [4.78, 5) is 4.12. The number of aromatic nitrogens is 1. The van der Waals surface area contributed by atoms with Gasteiger partial charge in [-0.3, -0.25) is 4.98 Å². The Morgan fingerprint density at radius 3 is 2.92 bits per heavy atom. The van der Waals surface area contributed by atoms with Gasteiger partial charge in [-0.25, -0.2) is 0 Å². The van der Waals surface area contributed by atoms with Gasteiger partial charge < -0.3 is 13.9 Å². The number of pyridine rings is 1. The second-order valence-corrected chi connectivity index (χ2v) is 5.90. The summed E-state index contributed by atoms with van der Waals surface area (Å²) in [6.45, 7) is 5.88. The molecule has 0 N–H and O–H groups in total. The molecule has 0 fully saturated rings. The molecule has 3 rings (SSSR count). The van der Waals surface area contributed by atoms with Gasteiger partial charge in [0.1, 0.15) is 23.7 Å². The SMILES string of the molecule is CCOCc1oc2cccc(OCCC[CH]c3cccnc3)c2c1C. The van der Waals surface area contributed by atoms with E-state index in [1.54, 1.807) is 6.20 Å². The smallest absolute Gasteiger partial charge is 0.138 e. The highest BCUT2D eigenvalue weighted by Gasteiger charge is 2.14. The van der Waals surface area contributed by atoms with E-state index in [4.69, 9.17) is 13.9 Å². The van der Waals surface area contributed by atoms with Gasteiger partial charge in [0.25, 0.3) is 0 Å². The monoisotopic (exact) mass is 338 g/mol. The molecule has 0 atom stereocenters. The number of rotatable bonds is 9. The average molecular weight is 338 g/mol. The average Bonchev–Trinajstić information content (AvgIpc) is 2.97. The number of benzene rings is 1. The molecule has 0 aliphatic heterocycles. The fourth-order valence-corrected chi connectivity index (χ4v) is 2.80. The van der Waals surface area contributed by atoms with E-state index >= 15 is 0 Å². The lowest BCUT2D eigenvalue weighted by Crippen LogP contribution is -1.98. The molecule has 0 amide bonds. The summed E-state index contributed by atoms with van der Waals surface area (Å²) < 4.78 is 17.4. The molecule has 1 aromatic carbocycles. The van der Waals surface area contributed by atoms with Crippen LogP contribution in [0.15, 0.2) is 47.1 Å². The maximum atomic E-state index is 6.02. The summed E-state index contributed by atoms with van der Waals surface area (Å²) in [5, 5.41) is 1.05. The van der Waals surface area contributed by atoms with Crippen molar-refractivity contribution in [1.82, 2.24) is 4.98 Å². The van der Waals surface area contributed by atoms with E-state index in [0.717, 1.165) is 46.4 Å². The minimum atomic E-state index is 0.497. The molecule has 131 valence electrons. The molecular formula is C21H24NO3. The van der Waals surface area contributed by atoms with Crippen molar-refractivity contribution in [3.63, 3.8) is 0 Å². The van der Waals surface area contributed by atoms with Crippen molar-refractivity contribution < 1.29 is 13.9 Å². The molecule has 0 aliphatic rings. The number of furan rings is 1. The Bertz CT molecular complexity index is 796. The highest BCUT2D eigenvalue weighted by molar-refractivity contribution is 5.88. The van der Waals surface area contributed by atoms with Gasteiger partial charge in [0.15, 0.2) is 0 Å². The van der Waals surface area contributed by atoms with Gasteiger partial charge in [-0.2, -0.15) is 0 Å². The van der Waals surface area contributed by atoms with E-state index in [1.807, 2.05) is 37.4 Å². The zero-order valence-electron chi connectivity index (χ0n) is 14.8. The molecular weight excluding hydrogens is 314 g/mol. The van der Waals surface area contributed by atoms with Gasteiger partial charge in [0.05, 0.1) is 12.0 Å². The topological polar surface area (TPSA) is 44.5 Å². The number of fused-ring (bicyclic) bond motifs is 1. The van der Waals surface area contributed by atoms with Gasteiger partial charge in [-0.15, -0.1) is 0 Å². The third-order valence-corrected chi connectivity index (χ3v) is 4.12.